The summed E-state index contributed by atoms with van der Waals surface area (Å²) in [6.07, 6.45) is 2.73. The molecular formula is C25H23FN4O3. The number of aliphatic hydroxyl groups is 1. The number of amides is 2. The third-order valence-electron chi connectivity index (χ3n) is 5.89. The summed E-state index contributed by atoms with van der Waals surface area (Å²) in [5.41, 5.74) is 3.05. The largest absolute Gasteiger partial charge is 0.390 e. The molecular weight excluding hydrogens is 423 g/mol. The van der Waals surface area contributed by atoms with Crippen LogP contribution in [0, 0.1) is 5.82 Å². The maximum absolute atomic E-state index is 14.1. The highest BCUT2D eigenvalue weighted by atomic mass is 19.1. The number of nitrogens with one attached hydrogen (secondary N) is 2. The van der Waals surface area contributed by atoms with Crippen LogP contribution in [0.4, 0.5) is 4.39 Å². The van der Waals surface area contributed by atoms with Crippen LogP contribution in [0.25, 0.3) is 33.0 Å². The lowest BCUT2D eigenvalue weighted by Crippen LogP contribution is -2.29. The Morgan fingerprint density at radius 3 is 2.52 bits per heavy atom. The number of nitrogens with zero attached hydrogens (tertiary/aromatic N) is 2. The van der Waals surface area contributed by atoms with Crippen molar-refractivity contribution in [3.05, 3.63) is 71.8 Å². The molecule has 168 valence electrons. The Kier molecular flexibility index (Phi) is 5.11. The van der Waals surface area contributed by atoms with Gasteiger partial charge < -0.3 is 19.6 Å². The molecule has 33 heavy (non-hydrogen) atoms. The summed E-state index contributed by atoms with van der Waals surface area (Å²) in [5.74, 6) is -1.40. The van der Waals surface area contributed by atoms with E-state index in [1.165, 1.54) is 12.1 Å². The molecule has 0 saturated carbocycles. The normalized spacial score (nSPS) is 15.3. The van der Waals surface area contributed by atoms with Gasteiger partial charge in [-0.2, -0.15) is 0 Å². The number of carbonyl (C=O) groups excluding carboxylic acids is 2. The number of rotatable bonds is 6. The second kappa shape index (κ2) is 7.99. The van der Waals surface area contributed by atoms with Crippen molar-refractivity contribution in [3.8, 4) is 0 Å². The van der Waals surface area contributed by atoms with Crippen molar-refractivity contribution >= 4 is 44.8 Å². The van der Waals surface area contributed by atoms with Gasteiger partial charge >= 0.3 is 0 Å². The van der Waals surface area contributed by atoms with Gasteiger partial charge in [0.15, 0.2) is 0 Å². The highest BCUT2D eigenvalue weighted by Crippen LogP contribution is 2.38. The van der Waals surface area contributed by atoms with Crippen LogP contribution in [-0.4, -0.2) is 58.1 Å². The second-order valence-corrected chi connectivity index (χ2v) is 8.55. The van der Waals surface area contributed by atoms with Crippen molar-refractivity contribution in [3.63, 3.8) is 0 Å². The molecule has 0 aliphatic carbocycles. The standard InChI is InChI=1S/C25H23FN4O3/c1-29(2)11-15(31)12-30-13-19(17-8-7-14(26)9-21(17)30)23-22(24(32)28-25(23)33)18-10-27-20-6-4-3-5-16(18)20/h3-10,13,15,27,31H,11-12H2,1-2H3,(H,28,32,33). The van der Waals surface area contributed by atoms with Crippen molar-refractivity contribution in [2.24, 2.45) is 0 Å². The number of benzene rings is 2. The van der Waals surface area contributed by atoms with Crippen LogP contribution in [0.3, 0.4) is 0 Å². The minimum Gasteiger partial charge on any atom is -0.390 e. The monoisotopic (exact) mass is 446 g/mol. The summed E-state index contributed by atoms with van der Waals surface area (Å²) in [6.45, 7) is 0.635. The lowest BCUT2D eigenvalue weighted by Gasteiger charge is -2.17. The van der Waals surface area contributed by atoms with Crippen LogP contribution >= 0.6 is 0 Å². The predicted molar refractivity (Wildman–Crippen MR) is 125 cm³/mol. The number of likely N-dealkylation sites (N-methyl/N-ethyl adjacent to an activating group) is 1. The van der Waals surface area contributed by atoms with E-state index in [1.807, 2.05) is 43.3 Å². The molecule has 3 N–H and O–H groups in total. The first kappa shape index (κ1) is 21.1. The highest BCUT2D eigenvalue weighted by molar-refractivity contribution is 6.50. The van der Waals surface area contributed by atoms with Gasteiger partial charge in [0.05, 0.1) is 22.8 Å². The molecule has 7 nitrogen and oxygen atoms in total. The molecule has 0 spiro atoms. The molecule has 0 radical (unpaired) electrons. The maximum atomic E-state index is 14.1. The van der Waals surface area contributed by atoms with Crippen molar-refractivity contribution in [1.29, 1.82) is 0 Å². The smallest absolute Gasteiger partial charge is 0.259 e. The van der Waals surface area contributed by atoms with E-state index in [0.717, 1.165) is 10.9 Å². The van der Waals surface area contributed by atoms with E-state index in [1.54, 1.807) is 23.0 Å². The Morgan fingerprint density at radius 1 is 1.03 bits per heavy atom. The van der Waals surface area contributed by atoms with E-state index in [9.17, 15) is 19.1 Å². The average molecular weight is 446 g/mol. The third kappa shape index (κ3) is 3.63. The molecule has 2 aromatic carbocycles. The number of aromatic nitrogens is 2. The van der Waals surface area contributed by atoms with Gasteiger partial charge in [0.25, 0.3) is 11.8 Å². The molecule has 8 heteroatoms. The molecule has 5 rings (SSSR count). The summed E-state index contributed by atoms with van der Waals surface area (Å²) in [4.78, 5) is 30.9. The molecule has 1 atom stereocenters. The number of carbonyl (C=O) groups is 2. The van der Waals surface area contributed by atoms with E-state index >= 15 is 0 Å². The fourth-order valence-corrected chi connectivity index (χ4v) is 4.57. The summed E-state index contributed by atoms with van der Waals surface area (Å²) in [7, 11) is 3.71. The quantitative estimate of drug-likeness (QED) is 0.397. The van der Waals surface area contributed by atoms with Crippen LogP contribution < -0.4 is 5.32 Å². The summed E-state index contributed by atoms with van der Waals surface area (Å²) in [6, 6.07) is 11.8. The minimum absolute atomic E-state index is 0.212. The highest BCUT2D eigenvalue weighted by Gasteiger charge is 2.35. The molecule has 2 amide bonds. The first-order chi connectivity index (χ1) is 15.8. The fourth-order valence-electron chi connectivity index (χ4n) is 4.57. The van der Waals surface area contributed by atoms with Crippen LogP contribution in [0.1, 0.15) is 11.1 Å². The van der Waals surface area contributed by atoms with Gasteiger partial charge in [-0.15, -0.1) is 0 Å². The van der Waals surface area contributed by atoms with Gasteiger partial charge in [0.2, 0.25) is 0 Å². The number of hydrogen-bond acceptors (Lipinski definition) is 4. The van der Waals surface area contributed by atoms with Gasteiger partial charge in [-0.3, -0.25) is 14.9 Å². The van der Waals surface area contributed by atoms with Gasteiger partial charge in [-0.1, -0.05) is 18.2 Å². The number of halogens is 1. The zero-order chi connectivity index (χ0) is 23.3. The number of para-hydroxylation sites is 1. The number of imide groups is 1. The zero-order valence-electron chi connectivity index (χ0n) is 18.2. The lowest BCUT2D eigenvalue weighted by atomic mass is 9.95. The number of aromatic amines is 1. The van der Waals surface area contributed by atoms with Gasteiger partial charge in [-0.25, -0.2) is 4.39 Å². The minimum atomic E-state index is -0.701. The van der Waals surface area contributed by atoms with Crippen LogP contribution in [0.15, 0.2) is 54.9 Å². The average Bonchev–Trinajstić information content (AvgIpc) is 3.40. The van der Waals surface area contributed by atoms with Crippen molar-refractivity contribution in [2.75, 3.05) is 20.6 Å². The number of H-pyrrole nitrogens is 1. The number of aliphatic hydroxyl groups excluding tert-OH is 1. The topological polar surface area (TPSA) is 90.4 Å². The van der Waals surface area contributed by atoms with E-state index in [-0.39, 0.29) is 17.7 Å². The van der Waals surface area contributed by atoms with Gasteiger partial charge in [-0.05, 0) is 38.4 Å². The Morgan fingerprint density at radius 2 is 1.76 bits per heavy atom. The number of fused-ring (bicyclic) bond motifs is 2. The SMILES string of the molecule is CN(C)CC(O)Cn1cc(C2=C(c3c[nH]c4ccccc34)C(=O)NC2=O)c2ccc(F)cc21. The van der Waals surface area contributed by atoms with E-state index in [0.29, 0.717) is 28.6 Å². The lowest BCUT2D eigenvalue weighted by molar-refractivity contribution is -0.122. The molecule has 4 aromatic rings. The first-order valence-electron chi connectivity index (χ1n) is 10.6. The maximum Gasteiger partial charge on any atom is 0.259 e. The Hall–Kier alpha value is -3.75. The van der Waals surface area contributed by atoms with Gasteiger partial charge in [0.1, 0.15) is 5.82 Å². The van der Waals surface area contributed by atoms with Crippen molar-refractivity contribution in [2.45, 2.75) is 12.6 Å². The van der Waals surface area contributed by atoms with Crippen LogP contribution in [-0.2, 0) is 16.1 Å². The molecule has 1 aliphatic heterocycles. The Bertz CT molecular complexity index is 1450. The van der Waals surface area contributed by atoms with Crippen molar-refractivity contribution in [1.82, 2.24) is 19.8 Å². The molecule has 1 aliphatic rings. The first-order valence-corrected chi connectivity index (χ1v) is 10.6. The Labute approximate surface area is 189 Å². The zero-order valence-corrected chi connectivity index (χ0v) is 18.2. The molecule has 1 unspecified atom stereocenters. The molecule has 0 fully saturated rings. The van der Waals surface area contributed by atoms with Gasteiger partial charge in [0, 0.05) is 52.9 Å². The summed E-state index contributed by atoms with van der Waals surface area (Å²) < 4.78 is 15.9. The van der Waals surface area contributed by atoms with Crippen LogP contribution in [0.2, 0.25) is 0 Å². The molecule has 0 saturated heterocycles. The fraction of sp³-hybridized carbons (Fsp3) is 0.200. The predicted octanol–water partition coefficient (Wildman–Crippen LogP) is 2.75. The number of hydrogen-bond donors (Lipinski definition) is 3. The van der Waals surface area contributed by atoms with E-state index in [4.69, 9.17) is 0 Å². The van der Waals surface area contributed by atoms with E-state index < -0.39 is 23.7 Å². The molecule has 0 bridgehead atoms. The Balaban J connectivity index is 1.73. The molecule has 3 heterocycles. The van der Waals surface area contributed by atoms with E-state index in [2.05, 4.69) is 10.3 Å². The van der Waals surface area contributed by atoms with Crippen LogP contribution in [0.5, 0.6) is 0 Å². The van der Waals surface area contributed by atoms with Crippen molar-refractivity contribution < 1.29 is 19.1 Å². The molecule has 2 aromatic heterocycles. The second-order valence-electron chi connectivity index (χ2n) is 8.55. The summed E-state index contributed by atoms with van der Waals surface area (Å²) >= 11 is 0. The summed E-state index contributed by atoms with van der Waals surface area (Å²) in [5, 5.41) is 14.4. The third-order valence-corrected chi connectivity index (χ3v) is 5.89.